The van der Waals surface area contributed by atoms with Gasteiger partial charge in [0.25, 0.3) is 0 Å². The first-order chi connectivity index (χ1) is 13.5. The van der Waals surface area contributed by atoms with Crippen LogP contribution in [0.3, 0.4) is 0 Å². The molecule has 0 unspecified atom stereocenters. The predicted molar refractivity (Wildman–Crippen MR) is 89.3 cm³/mol. The van der Waals surface area contributed by atoms with Crippen LogP contribution < -0.4 is 0 Å². The zero-order valence-corrected chi connectivity index (χ0v) is 14.0. The molecule has 0 aliphatic heterocycles. The number of aromatic carboxylic acids is 1. The molecule has 0 saturated carbocycles. The van der Waals surface area contributed by atoms with Crippen molar-refractivity contribution in [3.8, 4) is 33.9 Å². The Kier molecular flexibility index (Phi) is 4.62. The lowest BCUT2D eigenvalue weighted by Crippen LogP contribution is -2.07. The number of aromatic nitrogens is 1. The van der Waals surface area contributed by atoms with Gasteiger partial charge in [0, 0.05) is 23.4 Å². The predicted octanol–water partition coefficient (Wildman–Crippen LogP) is 4.05. The lowest BCUT2D eigenvalue weighted by molar-refractivity contribution is -0.385. The summed E-state index contributed by atoms with van der Waals surface area (Å²) >= 11 is 0. The maximum absolute atomic E-state index is 12.6. The number of phenolic OH excluding ortho intramolecular Hbond substituents is 2. The van der Waals surface area contributed by atoms with Crippen molar-refractivity contribution in [3.05, 3.63) is 58.1 Å². The SMILES string of the molecule is O=C(O)c1c(-c2cc(O)c(O)c([N+](=O)[O-])c2)coc1-c1ccc(C(F)(F)F)nc1. The fourth-order valence-electron chi connectivity index (χ4n) is 2.59. The Morgan fingerprint density at radius 1 is 1.17 bits per heavy atom. The molecule has 0 amide bonds. The third-order valence-electron chi connectivity index (χ3n) is 3.90. The molecule has 0 atom stereocenters. The van der Waals surface area contributed by atoms with Crippen molar-refractivity contribution >= 4 is 11.7 Å². The Hall–Kier alpha value is -4.09. The van der Waals surface area contributed by atoms with Crippen molar-refractivity contribution < 1.29 is 42.6 Å². The lowest BCUT2D eigenvalue weighted by Gasteiger charge is -2.07. The van der Waals surface area contributed by atoms with Crippen molar-refractivity contribution in [2.75, 3.05) is 0 Å². The molecular formula is C17H9F3N2O7. The fourth-order valence-corrected chi connectivity index (χ4v) is 2.59. The second kappa shape index (κ2) is 6.82. The number of halogens is 3. The van der Waals surface area contributed by atoms with Crippen LogP contribution in [0, 0.1) is 10.1 Å². The third-order valence-corrected chi connectivity index (χ3v) is 3.90. The molecule has 0 radical (unpaired) electrons. The molecular weight excluding hydrogens is 401 g/mol. The first-order valence-electron chi connectivity index (χ1n) is 7.60. The highest BCUT2D eigenvalue weighted by atomic mass is 19.4. The summed E-state index contributed by atoms with van der Waals surface area (Å²) in [4.78, 5) is 25.0. The minimum absolute atomic E-state index is 0.0841. The summed E-state index contributed by atoms with van der Waals surface area (Å²) in [5.74, 6) is -3.77. The second-order valence-electron chi connectivity index (χ2n) is 5.71. The Bertz CT molecular complexity index is 1120. The van der Waals surface area contributed by atoms with Crippen LogP contribution in [0.2, 0.25) is 0 Å². The average molecular weight is 410 g/mol. The maximum atomic E-state index is 12.6. The van der Waals surface area contributed by atoms with Crippen LogP contribution in [0.25, 0.3) is 22.5 Å². The zero-order valence-electron chi connectivity index (χ0n) is 14.0. The molecule has 29 heavy (non-hydrogen) atoms. The number of benzene rings is 1. The number of phenols is 2. The average Bonchev–Trinajstić information content (AvgIpc) is 3.08. The van der Waals surface area contributed by atoms with E-state index in [1.54, 1.807) is 0 Å². The van der Waals surface area contributed by atoms with E-state index >= 15 is 0 Å². The Morgan fingerprint density at radius 3 is 2.38 bits per heavy atom. The molecule has 150 valence electrons. The van der Waals surface area contributed by atoms with Crippen molar-refractivity contribution in [1.29, 1.82) is 0 Å². The summed E-state index contributed by atoms with van der Waals surface area (Å²) < 4.78 is 43.1. The molecule has 2 heterocycles. The summed E-state index contributed by atoms with van der Waals surface area (Å²) in [6.45, 7) is 0. The molecule has 0 spiro atoms. The molecule has 3 aromatic rings. The van der Waals surface area contributed by atoms with Gasteiger partial charge in [-0.1, -0.05) is 0 Å². The van der Waals surface area contributed by atoms with Crippen LogP contribution >= 0.6 is 0 Å². The topological polar surface area (TPSA) is 147 Å². The van der Waals surface area contributed by atoms with Gasteiger partial charge in [0.05, 0.1) is 11.2 Å². The number of nitrogens with zero attached hydrogens (tertiary/aromatic N) is 2. The van der Waals surface area contributed by atoms with E-state index in [0.717, 1.165) is 30.7 Å². The molecule has 12 heteroatoms. The summed E-state index contributed by atoms with van der Waals surface area (Å²) in [6.07, 6.45) is -3.01. The van der Waals surface area contributed by atoms with Gasteiger partial charge in [0.2, 0.25) is 5.75 Å². The number of aromatic hydroxyl groups is 2. The van der Waals surface area contributed by atoms with Crippen LogP contribution in [-0.4, -0.2) is 31.2 Å². The quantitative estimate of drug-likeness (QED) is 0.332. The third kappa shape index (κ3) is 3.54. The fraction of sp³-hybridized carbons (Fsp3) is 0.0588. The smallest absolute Gasteiger partial charge is 0.433 e. The van der Waals surface area contributed by atoms with Crippen LogP contribution in [0.5, 0.6) is 11.5 Å². The van der Waals surface area contributed by atoms with E-state index in [-0.39, 0.29) is 22.5 Å². The Labute approximate surface area is 158 Å². The number of hydrogen-bond donors (Lipinski definition) is 3. The molecule has 3 rings (SSSR count). The van der Waals surface area contributed by atoms with E-state index < -0.39 is 45.5 Å². The molecule has 0 aliphatic carbocycles. The number of carboxylic acid groups (broad SMARTS) is 1. The zero-order chi connectivity index (χ0) is 21.5. The van der Waals surface area contributed by atoms with Crippen LogP contribution in [0.4, 0.5) is 18.9 Å². The first kappa shape index (κ1) is 19.7. The largest absolute Gasteiger partial charge is 0.504 e. The molecule has 0 aliphatic rings. The number of alkyl halides is 3. The highest BCUT2D eigenvalue weighted by Gasteiger charge is 2.33. The van der Waals surface area contributed by atoms with Gasteiger partial charge in [-0.15, -0.1) is 0 Å². The van der Waals surface area contributed by atoms with Crippen molar-refractivity contribution in [2.24, 2.45) is 0 Å². The monoisotopic (exact) mass is 410 g/mol. The van der Waals surface area contributed by atoms with Crippen molar-refractivity contribution in [1.82, 2.24) is 4.98 Å². The van der Waals surface area contributed by atoms with E-state index in [0.29, 0.717) is 6.07 Å². The Morgan fingerprint density at radius 2 is 1.86 bits per heavy atom. The van der Waals surface area contributed by atoms with E-state index in [2.05, 4.69) is 4.98 Å². The minimum atomic E-state index is -4.69. The molecule has 0 fully saturated rings. The van der Waals surface area contributed by atoms with Gasteiger partial charge in [0.15, 0.2) is 11.5 Å². The summed E-state index contributed by atoms with van der Waals surface area (Å²) in [7, 11) is 0. The Balaban J connectivity index is 2.16. The molecule has 0 bridgehead atoms. The van der Waals surface area contributed by atoms with Crippen LogP contribution in [-0.2, 0) is 6.18 Å². The van der Waals surface area contributed by atoms with E-state index in [4.69, 9.17) is 4.42 Å². The highest BCUT2D eigenvalue weighted by molar-refractivity contribution is 6.02. The number of furan rings is 1. The number of carboxylic acids is 1. The molecule has 3 N–H and O–H groups in total. The van der Waals surface area contributed by atoms with Crippen molar-refractivity contribution in [3.63, 3.8) is 0 Å². The molecule has 1 aromatic carbocycles. The number of rotatable bonds is 4. The van der Waals surface area contributed by atoms with E-state index in [1.807, 2.05) is 0 Å². The van der Waals surface area contributed by atoms with Gasteiger partial charge in [-0.05, 0) is 23.8 Å². The van der Waals surface area contributed by atoms with E-state index in [1.165, 1.54) is 0 Å². The standard InChI is InChI=1S/C17H9F3N2O7/c18-17(19,20)12-2-1-7(5-21-12)15-13(16(25)26)9(6-29-15)8-3-10(22(27)28)14(24)11(23)4-8/h1-6,23-24H,(H,25,26). The first-order valence-corrected chi connectivity index (χ1v) is 7.60. The number of nitro groups is 1. The number of nitro benzene ring substituents is 1. The van der Waals surface area contributed by atoms with E-state index in [9.17, 15) is 43.4 Å². The van der Waals surface area contributed by atoms with Gasteiger partial charge in [-0.3, -0.25) is 15.1 Å². The van der Waals surface area contributed by atoms with Gasteiger partial charge in [-0.2, -0.15) is 13.2 Å². The summed E-state index contributed by atoms with van der Waals surface area (Å²) in [5.41, 5.74) is -3.05. The number of pyridine rings is 1. The van der Waals surface area contributed by atoms with Gasteiger partial charge < -0.3 is 19.7 Å². The minimum Gasteiger partial charge on any atom is -0.504 e. The van der Waals surface area contributed by atoms with Crippen LogP contribution in [0.1, 0.15) is 16.1 Å². The highest BCUT2D eigenvalue weighted by Crippen LogP contribution is 2.42. The van der Waals surface area contributed by atoms with Crippen LogP contribution in [0.15, 0.2) is 41.1 Å². The molecule has 0 saturated heterocycles. The molecule has 2 aromatic heterocycles. The van der Waals surface area contributed by atoms with Crippen molar-refractivity contribution in [2.45, 2.75) is 6.18 Å². The second-order valence-corrected chi connectivity index (χ2v) is 5.71. The number of hydrogen-bond acceptors (Lipinski definition) is 7. The maximum Gasteiger partial charge on any atom is 0.433 e. The summed E-state index contributed by atoms with van der Waals surface area (Å²) in [5, 5.41) is 39.8. The summed E-state index contributed by atoms with van der Waals surface area (Å²) in [6, 6.07) is 3.30. The lowest BCUT2D eigenvalue weighted by atomic mass is 9.99. The van der Waals surface area contributed by atoms with Gasteiger partial charge in [-0.25, -0.2) is 4.79 Å². The molecule has 9 nitrogen and oxygen atoms in total. The van der Waals surface area contributed by atoms with Gasteiger partial charge in [0.1, 0.15) is 11.3 Å². The number of carbonyl (C=O) groups is 1. The normalized spacial score (nSPS) is 11.4. The van der Waals surface area contributed by atoms with Gasteiger partial charge >= 0.3 is 17.8 Å².